The van der Waals surface area contributed by atoms with Crippen molar-refractivity contribution in [2.45, 2.75) is 19.9 Å². The zero-order chi connectivity index (χ0) is 15.0. The fraction of sp³-hybridized carbons (Fsp3) is 0.429. The first-order valence-electron chi connectivity index (χ1n) is 6.49. The Labute approximate surface area is 124 Å². The standard InChI is InChI=1S/C14H20ClN3O2/c1-10(12-5-3-4-6-13(12)15)18-9-14(20)17-8-7-16-11(2)19/h3-6,10,18H,7-9H2,1-2H3,(H,16,19)(H,17,20)/t10-/m1/s1. The van der Waals surface area contributed by atoms with Crippen LogP contribution in [0.25, 0.3) is 0 Å². The minimum atomic E-state index is -0.116. The SMILES string of the molecule is CC(=O)NCCNC(=O)CN[C@H](C)c1ccccc1Cl. The summed E-state index contributed by atoms with van der Waals surface area (Å²) in [6.07, 6.45) is 0. The predicted octanol–water partition coefficient (Wildman–Crippen LogP) is 1.24. The molecule has 0 aliphatic carbocycles. The Morgan fingerprint density at radius 1 is 1.20 bits per heavy atom. The molecule has 0 radical (unpaired) electrons. The fourth-order valence-corrected chi connectivity index (χ4v) is 1.98. The number of carbonyl (C=O) groups is 2. The monoisotopic (exact) mass is 297 g/mol. The van der Waals surface area contributed by atoms with Crippen molar-refractivity contribution in [3.05, 3.63) is 34.9 Å². The highest BCUT2D eigenvalue weighted by atomic mass is 35.5. The average molecular weight is 298 g/mol. The van der Waals surface area contributed by atoms with Gasteiger partial charge in [0.1, 0.15) is 0 Å². The van der Waals surface area contributed by atoms with Gasteiger partial charge in [0.05, 0.1) is 6.54 Å². The van der Waals surface area contributed by atoms with Crippen molar-refractivity contribution >= 4 is 23.4 Å². The van der Waals surface area contributed by atoms with E-state index in [2.05, 4.69) is 16.0 Å². The summed E-state index contributed by atoms with van der Waals surface area (Å²) in [5.74, 6) is -0.223. The summed E-state index contributed by atoms with van der Waals surface area (Å²) in [6, 6.07) is 7.52. The molecule has 20 heavy (non-hydrogen) atoms. The Hall–Kier alpha value is -1.59. The van der Waals surface area contributed by atoms with Gasteiger partial charge in [-0.1, -0.05) is 29.8 Å². The lowest BCUT2D eigenvalue weighted by atomic mass is 10.1. The van der Waals surface area contributed by atoms with Gasteiger partial charge in [0.25, 0.3) is 0 Å². The summed E-state index contributed by atoms with van der Waals surface area (Å²) in [7, 11) is 0. The maximum absolute atomic E-state index is 11.6. The minimum absolute atomic E-state index is 0.00945. The van der Waals surface area contributed by atoms with Gasteiger partial charge in [-0.2, -0.15) is 0 Å². The Kier molecular flexibility index (Phi) is 7.04. The maximum atomic E-state index is 11.6. The molecule has 0 unspecified atom stereocenters. The van der Waals surface area contributed by atoms with E-state index < -0.39 is 0 Å². The summed E-state index contributed by atoms with van der Waals surface area (Å²) < 4.78 is 0. The fourth-order valence-electron chi connectivity index (χ4n) is 1.68. The Bertz CT molecular complexity index is 465. The van der Waals surface area contributed by atoms with E-state index in [1.54, 1.807) is 0 Å². The van der Waals surface area contributed by atoms with Crippen LogP contribution in [0.5, 0.6) is 0 Å². The molecule has 0 saturated carbocycles. The smallest absolute Gasteiger partial charge is 0.234 e. The van der Waals surface area contributed by atoms with Crippen molar-refractivity contribution in [1.82, 2.24) is 16.0 Å². The molecule has 0 aliphatic rings. The van der Waals surface area contributed by atoms with E-state index in [0.717, 1.165) is 5.56 Å². The molecule has 0 fully saturated rings. The topological polar surface area (TPSA) is 70.2 Å². The first-order chi connectivity index (χ1) is 9.50. The largest absolute Gasteiger partial charge is 0.355 e. The van der Waals surface area contributed by atoms with Gasteiger partial charge in [0.15, 0.2) is 0 Å². The van der Waals surface area contributed by atoms with Crippen LogP contribution in [0.15, 0.2) is 24.3 Å². The van der Waals surface area contributed by atoms with Crippen molar-refractivity contribution in [2.24, 2.45) is 0 Å². The molecule has 0 heterocycles. The molecule has 0 bridgehead atoms. The number of benzene rings is 1. The summed E-state index contributed by atoms with van der Waals surface area (Å²) in [6.45, 7) is 4.44. The summed E-state index contributed by atoms with van der Waals surface area (Å²) >= 11 is 6.09. The third kappa shape index (κ3) is 6.04. The Balaban J connectivity index is 2.27. The van der Waals surface area contributed by atoms with E-state index in [9.17, 15) is 9.59 Å². The molecule has 110 valence electrons. The number of rotatable bonds is 7. The van der Waals surface area contributed by atoms with E-state index in [4.69, 9.17) is 11.6 Å². The molecule has 2 amide bonds. The van der Waals surface area contributed by atoms with Crippen LogP contribution in [0.4, 0.5) is 0 Å². The van der Waals surface area contributed by atoms with Gasteiger partial charge in [0.2, 0.25) is 11.8 Å². The van der Waals surface area contributed by atoms with Crippen molar-refractivity contribution in [3.8, 4) is 0 Å². The van der Waals surface area contributed by atoms with Gasteiger partial charge in [-0.3, -0.25) is 9.59 Å². The Morgan fingerprint density at radius 2 is 1.85 bits per heavy atom. The average Bonchev–Trinajstić information content (AvgIpc) is 2.41. The molecular formula is C14H20ClN3O2. The van der Waals surface area contributed by atoms with Crippen LogP contribution in [0.1, 0.15) is 25.5 Å². The molecule has 1 rings (SSSR count). The van der Waals surface area contributed by atoms with Crippen molar-refractivity contribution in [2.75, 3.05) is 19.6 Å². The second-order valence-electron chi connectivity index (χ2n) is 4.46. The molecule has 0 aliphatic heterocycles. The van der Waals surface area contributed by atoms with Gasteiger partial charge < -0.3 is 16.0 Å². The third-order valence-electron chi connectivity index (χ3n) is 2.76. The van der Waals surface area contributed by atoms with Gasteiger partial charge in [0, 0.05) is 31.1 Å². The molecular weight excluding hydrogens is 278 g/mol. The summed E-state index contributed by atoms with van der Waals surface area (Å²) in [4.78, 5) is 22.2. The number of hydrogen-bond donors (Lipinski definition) is 3. The summed E-state index contributed by atoms with van der Waals surface area (Å²) in [5.41, 5.74) is 0.959. The molecule has 1 aromatic rings. The van der Waals surface area contributed by atoms with Crippen LogP contribution < -0.4 is 16.0 Å². The van der Waals surface area contributed by atoms with E-state index in [1.165, 1.54) is 6.92 Å². The maximum Gasteiger partial charge on any atom is 0.234 e. The van der Waals surface area contributed by atoms with E-state index in [0.29, 0.717) is 18.1 Å². The van der Waals surface area contributed by atoms with Crippen LogP contribution in [0.3, 0.4) is 0 Å². The van der Waals surface area contributed by atoms with Gasteiger partial charge in [-0.25, -0.2) is 0 Å². The number of amides is 2. The molecule has 1 aromatic carbocycles. The second-order valence-corrected chi connectivity index (χ2v) is 4.86. The lowest BCUT2D eigenvalue weighted by molar-refractivity contribution is -0.121. The predicted molar refractivity (Wildman–Crippen MR) is 79.6 cm³/mol. The lowest BCUT2D eigenvalue weighted by Crippen LogP contribution is -2.39. The number of carbonyl (C=O) groups excluding carboxylic acids is 2. The molecule has 5 nitrogen and oxygen atoms in total. The highest BCUT2D eigenvalue weighted by molar-refractivity contribution is 6.31. The minimum Gasteiger partial charge on any atom is -0.355 e. The highest BCUT2D eigenvalue weighted by Crippen LogP contribution is 2.21. The summed E-state index contributed by atoms with van der Waals surface area (Å²) in [5, 5.41) is 9.10. The van der Waals surface area contributed by atoms with Crippen LogP contribution >= 0.6 is 11.6 Å². The van der Waals surface area contributed by atoms with E-state index in [1.807, 2.05) is 31.2 Å². The molecule has 0 aromatic heterocycles. The van der Waals surface area contributed by atoms with Crippen molar-refractivity contribution in [3.63, 3.8) is 0 Å². The van der Waals surface area contributed by atoms with Gasteiger partial charge >= 0.3 is 0 Å². The number of halogens is 1. The molecule has 6 heteroatoms. The number of hydrogen-bond acceptors (Lipinski definition) is 3. The van der Waals surface area contributed by atoms with Crippen LogP contribution in [-0.2, 0) is 9.59 Å². The first-order valence-corrected chi connectivity index (χ1v) is 6.87. The van der Waals surface area contributed by atoms with Crippen LogP contribution in [0.2, 0.25) is 5.02 Å². The zero-order valence-corrected chi connectivity index (χ0v) is 12.5. The van der Waals surface area contributed by atoms with Crippen molar-refractivity contribution in [1.29, 1.82) is 0 Å². The zero-order valence-electron chi connectivity index (χ0n) is 11.7. The van der Waals surface area contributed by atoms with Gasteiger partial charge in [-0.15, -0.1) is 0 Å². The highest BCUT2D eigenvalue weighted by Gasteiger charge is 2.10. The normalized spacial score (nSPS) is 11.8. The number of nitrogens with one attached hydrogen (secondary N) is 3. The second kappa shape index (κ2) is 8.55. The molecule has 0 spiro atoms. The van der Waals surface area contributed by atoms with Gasteiger partial charge in [-0.05, 0) is 18.6 Å². The lowest BCUT2D eigenvalue weighted by Gasteiger charge is -2.15. The van der Waals surface area contributed by atoms with Crippen LogP contribution in [0, 0.1) is 0 Å². The molecule has 3 N–H and O–H groups in total. The molecule has 0 saturated heterocycles. The van der Waals surface area contributed by atoms with Crippen molar-refractivity contribution < 1.29 is 9.59 Å². The first kappa shape index (κ1) is 16.5. The van der Waals surface area contributed by atoms with E-state index >= 15 is 0 Å². The third-order valence-corrected chi connectivity index (χ3v) is 3.11. The Morgan fingerprint density at radius 3 is 2.50 bits per heavy atom. The quantitative estimate of drug-likeness (QED) is 0.663. The van der Waals surface area contributed by atoms with Crippen LogP contribution in [-0.4, -0.2) is 31.4 Å². The van der Waals surface area contributed by atoms with E-state index in [-0.39, 0.29) is 24.4 Å². The molecule has 1 atom stereocenters.